The number of benzene rings is 1. The van der Waals surface area contributed by atoms with Gasteiger partial charge in [0.15, 0.2) is 5.69 Å². The van der Waals surface area contributed by atoms with Crippen molar-refractivity contribution in [2.75, 3.05) is 7.05 Å². The molecule has 1 saturated carbocycles. The summed E-state index contributed by atoms with van der Waals surface area (Å²) in [7, 11) is 1.68. The van der Waals surface area contributed by atoms with Gasteiger partial charge in [-0.15, -0.1) is 0 Å². The zero-order chi connectivity index (χ0) is 17.9. The quantitative estimate of drug-likeness (QED) is 0.870. The smallest absolute Gasteiger partial charge is 0.271 e. The summed E-state index contributed by atoms with van der Waals surface area (Å²) in [5.41, 5.74) is 4.20. The van der Waals surface area contributed by atoms with Gasteiger partial charge in [-0.2, -0.15) is 5.10 Å². The molecule has 0 radical (unpaired) electrons. The molecule has 2 aromatic rings. The second kappa shape index (κ2) is 7.62. The van der Waals surface area contributed by atoms with Crippen LogP contribution < -0.4 is 10.6 Å². The number of hydrogen-bond acceptors (Lipinski definition) is 3. The Hall–Kier alpha value is -2.14. The monoisotopic (exact) mass is 352 g/mol. The van der Waals surface area contributed by atoms with E-state index in [0.717, 1.165) is 31.4 Å². The van der Waals surface area contributed by atoms with Crippen LogP contribution in [0.15, 0.2) is 30.3 Å². The van der Waals surface area contributed by atoms with Crippen LogP contribution >= 0.6 is 0 Å². The van der Waals surface area contributed by atoms with Gasteiger partial charge in [-0.25, -0.2) is 0 Å². The summed E-state index contributed by atoms with van der Waals surface area (Å²) < 4.78 is 2.04. The normalized spacial score (nSPS) is 20.1. The van der Waals surface area contributed by atoms with Gasteiger partial charge < -0.3 is 10.6 Å². The first-order chi connectivity index (χ1) is 12.7. The van der Waals surface area contributed by atoms with Crippen LogP contribution in [-0.4, -0.2) is 34.8 Å². The van der Waals surface area contributed by atoms with Crippen molar-refractivity contribution in [3.63, 3.8) is 0 Å². The van der Waals surface area contributed by atoms with Gasteiger partial charge >= 0.3 is 0 Å². The first-order valence-electron chi connectivity index (χ1n) is 9.85. The van der Waals surface area contributed by atoms with Crippen LogP contribution in [0.4, 0.5) is 0 Å². The Bertz CT molecular complexity index is 762. The molecule has 1 amide bonds. The van der Waals surface area contributed by atoms with Gasteiger partial charge in [-0.3, -0.25) is 9.48 Å². The third-order valence-corrected chi connectivity index (χ3v) is 5.79. The molecule has 0 spiro atoms. The van der Waals surface area contributed by atoms with Crippen LogP contribution in [0.5, 0.6) is 0 Å². The van der Waals surface area contributed by atoms with E-state index in [1.165, 1.54) is 36.9 Å². The lowest BCUT2D eigenvalue weighted by molar-refractivity contribution is 0.0956. The lowest BCUT2D eigenvalue weighted by Gasteiger charge is -2.27. The molecule has 4 rings (SSSR count). The highest BCUT2D eigenvalue weighted by atomic mass is 16.1. The Morgan fingerprint density at radius 1 is 1.15 bits per heavy atom. The van der Waals surface area contributed by atoms with E-state index in [0.29, 0.717) is 17.8 Å². The Kier molecular flexibility index (Phi) is 5.07. The van der Waals surface area contributed by atoms with Crippen LogP contribution in [-0.2, 0) is 19.4 Å². The van der Waals surface area contributed by atoms with E-state index in [1.54, 1.807) is 7.05 Å². The molecule has 5 nitrogen and oxygen atoms in total. The second-order valence-electron chi connectivity index (χ2n) is 7.58. The molecule has 1 fully saturated rings. The van der Waals surface area contributed by atoms with Gasteiger partial charge in [-0.1, -0.05) is 43.2 Å². The Morgan fingerprint density at radius 3 is 2.65 bits per heavy atom. The van der Waals surface area contributed by atoms with E-state index in [-0.39, 0.29) is 5.91 Å². The minimum Gasteiger partial charge on any atom is -0.354 e. The number of aromatic nitrogens is 2. The fraction of sp³-hybridized carbons (Fsp3) is 0.524. The standard InChI is InChI=1S/C21H28N4O/c1-22-21(26)20-18-13-17(23-16-9-5-6-10-16)11-12-19(18)25(24-20)14-15-7-3-2-4-8-15/h2-4,7-8,16-17,23H,5-6,9-14H2,1H3,(H,22,26). The van der Waals surface area contributed by atoms with Crippen LogP contribution in [0.1, 0.15) is 59.4 Å². The predicted octanol–water partition coefficient (Wildman–Crippen LogP) is 2.68. The highest BCUT2D eigenvalue weighted by molar-refractivity contribution is 5.93. The molecular weight excluding hydrogens is 324 g/mol. The number of nitrogens with one attached hydrogen (secondary N) is 2. The summed E-state index contributed by atoms with van der Waals surface area (Å²) in [6, 6.07) is 11.5. The molecular formula is C21H28N4O. The van der Waals surface area contributed by atoms with Crippen molar-refractivity contribution in [3.8, 4) is 0 Å². The van der Waals surface area contributed by atoms with Gasteiger partial charge in [0.05, 0.1) is 6.54 Å². The predicted molar refractivity (Wildman–Crippen MR) is 102 cm³/mol. The lowest BCUT2D eigenvalue weighted by atomic mass is 9.90. The first-order valence-corrected chi connectivity index (χ1v) is 9.85. The second-order valence-corrected chi connectivity index (χ2v) is 7.58. The molecule has 1 aromatic heterocycles. The molecule has 0 aliphatic heterocycles. The fourth-order valence-electron chi connectivity index (χ4n) is 4.44. The third-order valence-electron chi connectivity index (χ3n) is 5.79. The SMILES string of the molecule is CNC(=O)c1nn(Cc2ccccc2)c2c1CC(NC1CCCC1)CC2. The van der Waals surface area contributed by atoms with Crippen LogP contribution in [0, 0.1) is 0 Å². The summed E-state index contributed by atoms with van der Waals surface area (Å²) >= 11 is 0. The number of carbonyl (C=O) groups is 1. The molecule has 0 saturated heterocycles. The maximum atomic E-state index is 12.4. The van der Waals surface area contributed by atoms with Crippen molar-refractivity contribution >= 4 is 5.91 Å². The number of rotatable bonds is 5. The van der Waals surface area contributed by atoms with Crippen molar-refractivity contribution in [1.82, 2.24) is 20.4 Å². The maximum Gasteiger partial charge on any atom is 0.271 e. The van der Waals surface area contributed by atoms with Crippen molar-refractivity contribution in [2.24, 2.45) is 0 Å². The maximum absolute atomic E-state index is 12.4. The molecule has 2 N–H and O–H groups in total. The van der Waals surface area contributed by atoms with E-state index in [2.05, 4.69) is 22.8 Å². The average molecular weight is 352 g/mol. The third kappa shape index (κ3) is 3.54. The summed E-state index contributed by atoms with van der Waals surface area (Å²) in [5.74, 6) is -0.0745. The first kappa shape index (κ1) is 17.3. The Balaban J connectivity index is 1.58. The highest BCUT2D eigenvalue weighted by Gasteiger charge is 2.30. The molecule has 1 atom stereocenters. The Morgan fingerprint density at radius 2 is 1.92 bits per heavy atom. The molecule has 1 unspecified atom stereocenters. The molecule has 0 bridgehead atoms. The van der Waals surface area contributed by atoms with Gasteiger partial charge in [0.2, 0.25) is 0 Å². The Labute approximate surface area is 155 Å². The van der Waals surface area contributed by atoms with Crippen LogP contribution in [0.25, 0.3) is 0 Å². The van der Waals surface area contributed by atoms with E-state index >= 15 is 0 Å². The summed E-state index contributed by atoms with van der Waals surface area (Å²) in [5, 5.41) is 11.3. The van der Waals surface area contributed by atoms with E-state index < -0.39 is 0 Å². The minimum absolute atomic E-state index is 0.0745. The molecule has 2 aliphatic carbocycles. The van der Waals surface area contributed by atoms with Gasteiger partial charge in [0, 0.05) is 30.4 Å². The number of carbonyl (C=O) groups excluding carboxylic acids is 1. The van der Waals surface area contributed by atoms with Crippen molar-refractivity contribution in [1.29, 1.82) is 0 Å². The zero-order valence-corrected chi connectivity index (χ0v) is 15.5. The number of nitrogens with zero attached hydrogens (tertiary/aromatic N) is 2. The van der Waals surface area contributed by atoms with Crippen molar-refractivity contribution < 1.29 is 4.79 Å². The summed E-state index contributed by atoms with van der Waals surface area (Å²) in [6.07, 6.45) is 8.28. The lowest BCUT2D eigenvalue weighted by Crippen LogP contribution is -2.40. The largest absolute Gasteiger partial charge is 0.354 e. The van der Waals surface area contributed by atoms with Gasteiger partial charge in [-0.05, 0) is 37.7 Å². The van der Waals surface area contributed by atoms with Gasteiger partial charge in [0.1, 0.15) is 0 Å². The molecule has 138 valence electrons. The van der Waals surface area contributed by atoms with Crippen molar-refractivity contribution in [2.45, 2.75) is 63.6 Å². The molecule has 26 heavy (non-hydrogen) atoms. The number of hydrogen-bond donors (Lipinski definition) is 2. The van der Waals surface area contributed by atoms with Crippen LogP contribution in [0.3, 0.4) is 0 Å². The average Bonchev–Trinajstić information content (AvgIpc) is 3.30. The molecule has 2 aliphatic rings. The van der Waals surface area contributed by atoms with Gasteiger partial charge in [0.25, 0.3) is 5.91 Å². The minimum atomic E-state index is -0.0745. The van der Waals surface area contributed by atoms with E-state index in [9.17, 15) is 4.79 Å². The van der Waals surface area contributed by atoms with Crippen molar-refractivity contribution in [3.05, 3.63) is 52.8 Å². The number of fused-ring (bicyclic) bond motifs is 1. The molecule has 1 heterocycles. The topological polar surface area (TPSA) is 59.0 Å². The van der Waals surface area contributed by atoms with E-state index in [1.807, 2.05) is 22.9 Å². The fourth-order valence-corrected chi connectivity index (χ4v) is 4.44. The van der Waals surface area contributed by atoms with E-state index in [4.69, 9.17) is 5.10 Å². The summed E-state index contributed by atoms with van der Waals surface area (Å²) in [6.45, 7) is 0.723. The zero-order valence-electron chi connectivity index (χ0n) is 15.5. The summed E-state index contributed by atoms with van der Waals surface area (Å²) in [4.78, 5) is 12.4. The molecule has 5 heteroatoms. The number of amides is 1. The van der Waals surface area contributed by atoms with Crippen LogP contribution in [0.2, 0.25) is 0 Å². The highest BCUT2D eigenvalue weighted by Crippen LogP contribution is 2.27. The molecule has 1 aromatic carbocycles.